The van der Waals surface area contributed by atoms with Crippen LogP contribution >= 0.6 is 35.5 Å². The van der Waals surface area contributed by atoms with Crippen LogP contribution in [0.5, 0.6) is 0 Å². The van der Waals surface area contributed by atoms with Gasteiger partial charge in [0.25, 0.3) is 6.47 Å². The van der Waals surface area contributed by atoms with Crippen molar-refractivity contribution in [2.24, 2.45) is 10.1 Å². The zero-order valence-electron chi connectivity index (χ0n) is 27.8. The molecule has 3 aromatic carbocycles. The summed E-state index contributed by atoms with van der Waals surface area (Å²) in [6.07, 6.45) is 0. The zero-order valence-corrected chi connectivity index (χ0v) is 30.2. The second-order valence-corrected chi connectivity index (χ2v) is 13.9. The van der Waals surface area contributed by atoms with E-state index < -0.39 is 0 Å². The SMILES string of the molecule is CC.CC(C)(C)N1CCN(SCCN=C(NSc2ccc(Cl)cc2)N2CC(c3ccccc3)C(c3ccc(F)cc3)=N2)CC1.O=CO. The maximum Gasteiger partial charge on any atom is 0.290 e. The molecule has 1 unspecified atom stereocenters. The number of benzene rings is 3. The second-order valence-electron chi connectivity index (χ2n) is 11.4. The number of nitrogens with zero attached hydrogens (tertiary/aromatic N) is 5. The van der Waals surface area contributed by atoms with Crippen molar-refractivity contribution >= 4 is 53.6 Å². The average molecular weight is 701 g/mol. The van der Waals surface area contributed by atoms with Gasteiger partial charge in [0.1, 0.15) is 5.82 Å². The summed E-state index contributed by atoms with van der Waals surface area (Å²) >= 11 is 9.46. The lowest BCUT2D eigenvalue weighted by molar-refractivity contribution is -0.122. The van der Waals surface area contributed by atoms with Crippen molar-refractivity contribution in [3.05, 3.63) is 101 Å². The molecule has 2 N–H and O–H groups in total. The molecule has 0 aromatic heterocycles. The number of rotatable bonds is 8. The van der Waals surface area contributed by atoms with Crippen LogP contribution in [0.2, 0.25) is 5.02 Å². The van der Waals surface area contributed by atoms with E-state index in [1.807, 2.05) is 73.3 Å². The number of piperazine rings is 1. The molecule has 0 bridgehead atoms. The van der Waals surface area contributed by atoms with E-state index in [0.29, 0.717) is 24.1 Å². The molecular weight excluding hydrogens is 655 g/mol. The fourth-order valence-corrected chi connectivity index (χ4v) is 6.68. The van der Waals surface area contributed by atoms with Crippen molar-refractivity contribution < 1.29 is 14.3 Å². The van der Waals surface area contributed by atoms with Gasteiger partial charge in [-0.05, 0) is 80.2 Å². The molecule has 2 heterocycles. The van der Waals surface area contributed by atoms with Crippen LogP contribution in [0, 0.1) is 5.82 Å². The van der Waals surface area contributed by atoms with Crippen molar-refractivity contribution in [2.75, 3.05) is 45.0 Å². The molecule has 12 heteroatoms. The van der Waals surface area contributed by atoms with Crippen molar-refractivity contribution in [3.8, 4) is 0 Å². The maximum atomic E-state index is 13.8. The normalized spacial score (nSPS) is 17.2. The Morgan fingerprint density at radius 1 is 1.02 bits per heavy atom. The van der Waals surface area contributed by atoms with Crippen LogP contribution in [-0.2, 0) is 4.79 Å². The van der Waals surface area contributed by atoms with Crippen molar-refractivity contribution in [2.45, 2.75) is 51.0 Å². The number of carbonyl (C=O) groups is 1. The molecule has 1 atom stereocenters. The molecule has 0 amide bonds. The van der Waals surface area contributed by atoms with Gasteiger partial charge in [-0.25, -0.2) is 18.7 Å². The molecule has 5 rings (SSSR count). The van der Waals surface area contributed by atoms with Gasteiger partial charge in [0.15, 0.2) is 0 Å². The van der Waals surface area contributed by atoms with E-state index in [-0.39, 0.29) is 23.7 Å². The third kappa shape index (κ3) is 12.1. The fraction of sp³-hybridized carbons (Fsp3) is 0.400. The molecule has 2 aliphatic rings. The highest BCUT2D eigenvalue weighted by atomic mass is 35.5. The van der Waals surface area contributed by atoms with E-state index in [1.54, 1.807) is 12.1 Å². The van der Waals surface area contributed by atoms with E-state index in [0.717, 1.165) is 53.7 Å². The predicted molar refractivity (Wildman–Crippen MR) is 197 cm³/mol. The molecule has 1 fully saturated rings. The van der Waals surface area contributed by atoms with Gasteiger partial charge in [-0.1, -0.05) is 79.9 Å². The Morgan fingerprint density at radius 2 is 1.64 bits per heavy atom. The molecule has 1 saturated heterocycles. The molecule has 0 spiro atoms. The van der Waals surface area contributed by atoms with E-state index in [4.69, 9.17) is 31.6 Å². The molecule has 0 aliphatic carbocycles. The summed E-state index contributed by atoms with van der Waals surface area (Å²) in [6.45, 7) is 16.2. The van der Waals surface area contributed by atoms with Gasteiger partial charge >= 0.3 is 0 Å². The third-order valence-corrected chi connectivity index (χ3v) is 9.53. The Kier molecular flexibility index (Phi) is 16.0. The van der Waals surface area contributed by atoms with Crippen molar-refractivity contribution in [3.63, 3.8) is 0 Å². The quantitative estimate of drug-likeness (QED) is 0.0813. The van der Waals surface area contributed by atoms with Crippen molar-refractivity contribution in [1.29, 1.82) is 0 Å². The number of nitrogens with one attached hydrogen (secondary N) is 1. The lowest BCUT2D eigenvalue weighted by Gasteiger charge is -2.41. The van der Waals surface area contributed by atoms with E-state index in [2.05, 4.69) is 46.8 Å². The van der Waals surface area contributed by atoms with Crippen LogP contribution in [-0.4, -0.2) is 88.0 Å². The van der Waals surface area contributed by atoms with Crippen LogP contribution in [0.15, 0.2) is 93.9 Å². The molecule has 2 aliphatic heterocycles. The van der Waals surface area contributed by atoms with Crippen LogP contribution in [0.3, 0.4) is 0 Å². The first kappa shape index (κ1) is 38.4. The Balaban J connectivity index is 0.00000114. The fourth-order valence-electron chi connectivity index (χ4n) is 5.05. The van der Waals surface area contributed by atoms with Gasteiger partial charge in [-0.3, -0.25) is 14.4 Å². The monoisotopic (exact) mass is 700 g/mol. The number of aliphatic imine (C=N–C) groups is 1. The Labute approximate surface area is 292 Å². The zero-order chi connectivity index (χ0) is 34.2. The predicted octanol–water partition coefficient (Wildman–Crippen LogP) is 7.73. The van der Waals surface area contributed by atoms with Gasteiger partial charge in [-0.2, -0.15) is 5.10 Å². The number of hydrogen-bond donors (Lipinski definition) is 2. The largest absolute Gasteiger partial charge is 0.483 e. The average Bonchev–Trinajstić information content (AvgIpc) is 3.52. The maximum absolute atomic E-state index is 13.8. The minimum atomic E-state index is -0.258. The highest BCUT2D eigenvalue weighted by Gasteiger charge is 2.32. The molecular formula is C35H46ClFN6O2S2. The summed E-state index contributed by atoms with van der Waals surface area (Å²) in [5, 5.41) is 14.6. The van der Waals surface area contributed by atoms with Gasteiger partial charge in [0.05, 0.1) is 18.8 Å². The highest BCUT2D eigenvalue weighted by Crippen LogP contribution is 2.30. The topological polar surface area (TPSA) is 83.8 Å². The van der Waals surface area contributed by atoms with Crippen LogP contribution in [0.25, 0.3) is 0 Å². The van der Waals surface area contributed by atoms with Crippen LogP contribution < -0.4 is 4.72 Å². The summed E-state index contributed by atoms with van der Waals surface area (Å²) in [4.78, 5) is 16.9. The molecule has 3 aromatic rings. The number of carboxylic acid groups (broad SMARTS) is 1. The standard InChI is InChI=1S/C32H38ClFN6S2.C2H6.CH2O2/c1-32(2,3)38-18-20-39(21-19-38)41-22-17-35-31(37-42-28-15-11-26(33)12-16-28)40-23-29(24-7-5-4-6-8-24)30(36-40)25-9-13-27(34)14-10-25;1-2;2-1-3/h4-16,29H,17-23H2,1-3H3,(H,35,37);1-2H3;1H,(H,2,3). The Morgan fingerprint density at radius 3 is 2.23 bits per heavy atom. The van der Waals surface area contributed by atoms with E-state index in [9.17, 15) is 4.39 Å². The second kappa shape index (κ2) is 19.7. The smallest absolute Gasteiger partial charge is 0.290 e. The highest BCUT2D eigenvalue weighted by molar-refractivity contribution is 7.98. The lowest BCUT2D eigenvalue weighted by Crippen LogP contribution is -2.51. The van der Waals surface area contributed by atoms with E-state index in [1.165, 1.54) is 24.1 Å². The van der Waals surface area contributed by atoms with Crippen LogP contribution in [0.4, 0.5) is 4.39 Å². The Bertz CT molecular complexity index is 1410. The summed E-state index contributed by atoms with van der Waals surface area (Å²) in [6, 6.07) is 24.7. The van der Waals surface area contributed by atoms with E-state index >= 15 is 0 Å². The lowest BCUT2D eigenvalue weighted by atomic mass is 9.91. The molecule has 0 saturated carbocycles. The first-order valence-corrected chi connectivity index (χ1v) is 17.9. The van der Waals surface area contributed by atoms with Crippen LogP contribution in [0.1, 0.15) is 51.7 Å². The minimum absolute atomic E-state index is 0.0256. The summed E-state index contributed by atoms with van der Waals surface area (Å²) in [7, 11) is 0. The Hall–Kier alpha value is -3.09. The third-order valence-electron chi connectivity index (χ3n) is 7.39. The molecule has 47 heavy (non-hydrogen) atoms. The van der Waals surface area contributed by atoms with Crippen molar-refractivity contribution in [1.82, 2.24) is 18.9 Å². The number of guanidine groups is 1. The number of halogens is 2. The first-order chi connectivity index (χ1) is 22.7. The first-order valence-electron chi connectivity index (χ1n) is 15.8. The number of hydrogen-bond acceptors (Lipinski definition) is 7. The summed E-state index contributed by atoms with van der Waals surface area (Å²) in [5.74, 6) is 1.35. The summed E-state index contributed by atoms with van der Waals surface area (Å²) < 4.78 is 19.7. The van der Waals surface area contributed by atoms with Gasteiger partial charge < -0.3 is 5.11 Å². The molecule has 0 radical (unpaired) electrons. The minimum Gasteiger partial charge on any atom is -0.483 e. The molecule has 254 valence electrons. The number of hydrazone groups is 1. The molecule has 8 nitrogen and oxygen atoms in total. The van der Waals surface area contributed by atoms with Gasteiger partial charge in [0, 0.05) is 53.3 Å². The van der Waals surface area contributed by atoms with Gasteiger partial charge in [-0.15, -0.1) is 0 Å². The summed E-state index contributed by atoms with van der Waals surface area (Å²) in [5.41, 5.74) is 3.18. The van der Waals surface area contributed by atoms with Gasteiger partial charge in [0.2, 0.25) is 5.96 Å².